The van der Waals surface area contributed by atoms with Gasteiger partial charge in [-0.1, -0.05) is 37.1 Å². The molecule has 0 bridgehead atoms. The van der Waals surface area contributed by atoms with Gasteiger partial charge in [-0.2, -0.15) is 5.10 Å². The number of nitrogens with zero attached hydrogens (tertiary/aromatic N) is 1. The van der Waals surface area contributed by atoms with Crippen molar-refractivity contribution in [3.63, 3.8) is 0 Å². The number of carbonyl (C=O) groups is 3. The first-order valence-corrected chi connectivity index (χ1v) is 9.76. The van der Waals surface area contributed by atoms with Crippen molar-refractivity contribution in [2.75, 3.05) is 18.5 Å². The van der Waals surface area contributed by atoms with Crippen LogP contribution in [0.5, 0.6) is 5.75 Å². The number of hydrogen-bond acceptors (Lipinski definition) is 5. The van der Waals surface area contributed by atoms with Crippen molar-refractivity contribution in [1.29, 1.82) is 0 Å². The molecule has 0 aliphatic rings. The Labute approximate surface area is 179 Å². The SMILES string of the molecule is CCCCNC(=O)C(=O)N/N=C\c1ccc(OCC(=O)Nc2ccccc2Cl)cc1. The fraction of sp³-hybridized carbons (Fsp3) is 0.238. The molecule has 2 aromatic carbocycles. The van der Waals surface area contributed by atoms with Crippen LogP contribution in [0.25, 0.3) is 0 Å². The van der Waals surface area contributed by atoms with E-state index in [1.165, 1.54) is 6.21 Å². The maximum absolute atomic E-state index is 12.0. The molecule has 0 saturated heterocycles. The van der Waals surface area contributed by atoms with Crippen LogP contribution < -0.4 is 20.8 Å². The molecule has 0 atom stereocenters. The summed E-state index contributed by atoms with van der Waals surface area (Å²) >= 11 is 5.99. The highest BCUT2D eigenvalue weighted by Gasteiger charge is 2.11. The smallest absolute Gasteiger partial charge is 0.329 e. The third kappa shape index (κ3) is 7.92. The van der Waals surface area contributed by atoms with Crippen LogP contribution in [0.15, 0.2) is 53.6 Å². The molecule has 2 rings (SSSR count). The molecule has 0 fully saturated rings. The van der Waals surface area contributed by atoms with Crippen LogP contribution in [0, 0.1) is 0 Å². The zero-order chi connectivity index (χ0) is 21.8. The minimum Gasteiger partial charge on any atom is -0.484 e. The Bertz CT molecular complexity index is 900. The first-order chi connectivity index (χ1) is 14.5. The lowest BCUT2D eigenvalue weighted by Crippen LogP contribution is -2.38. The Balaban J connectivity index is 1.76. The topological polar surface area (TPSA) is 109 Å². The molecule has 3 N–H and O–H groups in total. The molecule has 0 radical (unpaired) electrons. The average molecular weight is 431 g/mol. The fourth-order valence-corrected chi connectivity index (χ4v) is 2.41. The van der Waals surface area contributed by atoms with Gasteiger partial charge in [0, 0.05) is 6.54 Å². The van der Waals surface area contributed by atoms with Gasteiger partial charge >= 0.3 is 11.8 Å². The van der Waals surface area contributed by atoms with E-state index in [1.54, 1.807) is 48.5 Å². The third-order valence-electron chi connectivity index (χ3n) is 3.80. The minimum absolute atomic E-state index is 0.179. The van der Waals surface area contributed by atoms with Crippen LogP contribution in [-0.4, -0.2) is 37.1 Å². The van der Waals surface area contributed by atoms with Crippen LogP contribution in [0.1, 0.15) is 25.3 Å². The molecule has 0 unspecified atom stereocenters. The second-order valence-electron chi connectivity index (χ2n) is 6.19. The Morgan fingerprint density at radius 3 is 2.50 bits per heavy atom. The van der Waals surface area contributed by atoms with Crippen LogP contribution in [0.3, 0.4) is 0 Å². The molecule has 0 aliphatic carbocycles. The number of hydrazone groups is 1. The zero-order valence-electron chi connectivity index (χ0n) is 16.5. The summed E-state index contributed by atoms with van der Waals surface area (Å²) in [7, 11) is 0. The molecule has 3 amide bonds. The van der Waals surface area contributed by atoms with E-state index in [0.29, 0.717) is 28.6 Å². The maximum atomic E-state index is 12.0. The molecule has 8 nitrogen and oxygen atoms in total. The van der Waals surface area contributed by atoms with Gasteiger partial charge in [-0.15, -0.1) is 0 Å². The molecule has 0 heterocycles. The highest BCUT2D eigenvalue weighted by atomic mass is 35.5. The summed E-state index contributed by atoms with van der Waals surface area (Å²) in [5.41, 5.74) is 3.35. The number of amides is 3. The molecule has 9 heteroatoms. The quantitative estimate of drug-likeness (QED) is 0.246. The molecule has 0 aliphatic heterocycles. The molecule has 0 aromatic heterocycles. The van der Waals surface area contributed by atoms with Gasteiger partial charge in [0.2, 0.25) is 0 Å². The highest BCUT2D eigenvalue weighted by Crippen LogP contribution is 2.20. The summed E-state index contributed by atoms with van der Waals surface area (Å²) in [6.45, 7) is 2.26. The number of unbranched alkanes of at least 4 members (excludes halogenated alkanes) is 1. The van der Waals surface area contributed by atoms with E-state index in [4.69, 9.17) is 16.3 Å². The monoisotopic (exact) mass is 430 g/mol. The van der Waals surface area contributed by atoms with E-state index >= 15 is 0 Å². The highest BCUT2D eigenvalue weighted by molar-refractivity contribution is 6.35. The molecule has 0 saturated carbocycles. The maximum Gasteiger partial charge on any atom is 0.329 e. The van der Waals surface area contributed by atoms with E-state index < -0.39 is 11.8 Å². The van der Waals surface area contributed by atoms with E-state index in [2.05, 4.69) is 21.2 Å². The number of benzene rings is 2. The lowest BCUT2D eigenvalue weighted by molar-refractivity contribution is -0.139. The largest absolute Gasteiger partial charge is 0.484 e. The second-order valence-corrected chi connectivity index (χ2v) is 6.60. The van der Waals surface area contributed by atoms with Gasteiger partial charge in [0.05, 0.1) is 16.9 Å². The number of nitrogens with one attached hydrogen (secondary N) is 3. The Hall–Kier alpha value is -3.39. The predicted octanol–water partition coefficient (Wildman–Crippen LogP) is 2.72. The van der Waals surface area contributed by atoms with Crippen LogP contribution >= 0.6 is 11.6 Å². The standard InChI is InChI=1S/C21H23ClN4O4/c1-2-3-12-23-20(28)21(29)26-24-13-15-8-10-16(11-9-15)30-14-19(27)25-18-7-5-4-6-17(18)22/h4-11,13H,2-3,12,14H2,1H3,(H,23,28)(H,25,27)(H,26,29)/b24-13-. The number of halogens is 1. The molecule has 158 valence electrons. The van der Waals surface area contributed by atoms with Gasteiger partial charge in [-0.3, -0.25) is 14.4 Å². The van der Waals surface area contributed by atoms with Crippen molar-refractivity contribution < 1.29 is 19.1 Å². The molecule has 0 spiro atoms. The number of carbonyl (C=O) groups excluding carboxylic acids is 3. The first-order valence-electron chi connectivity index (χ1n) is 9.38. The van der Waals surface area contributed by atoms with E-state index in [1.807, 2.05) is 6.92 Å². The summed E-state index contributed by atoms with van der Waals surface area (Å²) < 4.78 is 5.43. The van der Waals surface area contributed by atoms with E-state index in [9.17, 15) is 14.4 Å². The van der Waals surface area contributed by atoms with Crippen molar-refractivity contribution in [2.45, 2.75) is 19.8 Å². The number of hydrogen-bond donors (Lipinski definition) is 3. The summed E-state index contributed by atoms with van der Waals surface area (Å²) in [4.78, 5) is 35.1. The Morgan fingerprint density at radius 2 is 1.80 bits per heavy atom. The number of ether oxygens (including phenoxy) is 1. The van der Waals surface area contributed by atoms with Gasteiger partial charge in [-0.25, -0.2) is 5.43 Å². The average Bonchev–Trinajstić information content (AvgIpc) is 2.75. The van der Waals surface area contributed by atoms with Gasteiger partial charge in [-0.05, 0) is 48.4 Å². The zero-order valence-corrected chi connectivity index (χ0v) is 17.2. The number of para-hydroxylation sites is 1. The van der Waals surface area contributed by atoms with E-state index in [-0.39, 0.29) is 12.5 Å². The van der Waals surface area contributed by atoms with Crippen molar-refractivity contribution in [3.8, 4) is 5.75 Å². The number of anilines is 1. The van der Waals surface area contributed by atoms with Gasteiger partial charge in [0.25, 0.3) is 5.91 Å². The van der Waals surface area contributed by atoms with Crippen LogP contribution in [-0.2, 0) is 14.4 Å². The number of rotatable bonds is 9. The first kappa shape index (κ1) is 22.9. The fourth-order valence-electron chi connectivity index (χ4n) is 2.22. The lowest BCUT2D eigenvalue weighted by Gasteiger charge is -2.08. The Kier molecular flexibility index (Phi) is 9.33. The third-order valence-corrected chi connectivity index (χ3v) is 4.13. The summed E-state index contributed by atoms with van der Waals surface area (Å²) in [6, 6.07) is 13.6. The Morgan fingerprint density at radius 1 is 1.07 bits per heavy atom. The second kappa shape index (κ2) is 12.2. The molecular formula is C21H23ClN4O4. The van der Waals surface area contributed by atoms with Gasteiger partial charge in [0.15, 0.2) is 6.61 Å². The molecule has 30 heavy (non-hydrogen) atoms. The van der Waals surface area contributed by atoms with Crippen LogP contribution in [0.4, 0.5) is 5.69 Å². The van der Waals surface area contributed by atoms with Crippen molar-refractivity contribution >= 4 is 41.2 Å². The summed E-state index contributed by atoms with van der Waals surface area (Å²) in [5.74, 6) is -1.40. The summed E-state index contributed by atoms with van der Waals surface area (Å²) in [5, 5.41) is 9.36. The normalized spacial score (nSPS) is 10.5. The summed E-state index contributed by atoms with van der Waals surface area (Å²) in [6.07, 6.45) is 3.12. The lowest BCUT2D eigenvalue weighted by atomic mass is 10.2. The minimum atomic E-state index is -0.827. The van der Waals surface area contributed by atoms with E-state index in [0.717, 1.165) is 12.8 Å². The van der Waals surface area contributed by atoms with Crippen LogP contribution in [0.2, 0.25) is 5.02 Å². The van der Waals surface area contributed by atoms with Crippen molar-refractivity contribution in [1.82, 2.24) is 10.7 Å². The van der Waals surface area contributed by atoms with Gasteiger partial charge in [0.1, 0.15) is 5.75 Å². The molecular weight excluding hydrogens is 408 g/mol. The van der Waals surface area contributed by atoms with Crippen molar-refractivity contribution in [3.05, 3.63) is 59.1 Å². The van der Waals surface area contributed by atoms with Crippen molar-refractivity contribution in [2.24, 2.45) is 5.10 Å². The predicted molar refractivity (Wildman–Crippen MR) is 116 cm³/mol. The van der Waals surface area contributed by atoms with Gasteiger partial charge < -0.3 is 15.4 Å². The molecule has 2 aromatic rings.